The number of hydrogen-bond acceptors (Lipinski definition) is 2. The Morgan fingerprint density at radius 3 is 0.952 bits per heavy atom. The van der Waals surface area contributed by atoms with Gasteiger partial charge in [0, 0.05) is 0 Å². The number of halogens is 25. The Hall–Kier alpha value is -2.58. The van der Waals surface area contributed by atoms with Crippen molar-refractivity contribution >= 4 is 5.97 Å². The van der Waals surface area contributed by atoms with Gasteiger partial charge < -0.3 is 5.11 Å². The molecule has 0 aliphatic heterocycles. The van der Waals surface area contributed by atoms with Crippen molar-refractivity contribution < 1.29 is 124 Å². The average Bonchev–Trinajstić information content (AvgIpc) is 2.75. The predicted octanol–water partition coefficient (Wildman–Crippen LogP) is 8.07. The SMILES string of the molecule is O=C(O)C(F)(F)OC(F)(F)C(F)(F)C(F)(F)C(F)(F)C(F)(F)C(F)(F)/C(F)=C(\F)C(F)(F)C(F)(F)C(F)(F)C(F)(F)F. The highest BCUT2D eigenvalue weighted by molar-refractivity contribution is 5.73. The molecule has 0 atom stereocenters. The van der Waals surface area contributed by atoms with E-state index in [0.717, 1.165) is 0 Å². The summed E-state index contributed by atoms with van der Waals surface area (Å²) in [5, 5.41) is 7.69. The Morgan fingerprint density at radius 1 is 0.429 bits per heavy atom. The van der Waals surface area contributed by atoms with E-state index < -0.39 is 83.4 Å². The van der Waals surface area contributed by atoms with Crippen LogP contribution in [-0.4, -0.2) is 76.8 Å². The maximum absolute atomic E-state index is 13.5. The maximum Gasteiger partial charge on any atom is 0.460 e. The van der Waals surface area contributed by atoms with Crippen LogP contribution in [0.4, 0.5) is 110 Å². The van der Waals surface area contributed by atoms with Crippen LogP contribution in [0.25, 0.3) is 0 Å². The number of aliphatic carboxylic acids is 1. The third-order valence-electron chi connectivity index (χ3n) is 4.34. The van der Waals surface area contributed by atoms with Crippen LogP contribution < -0.4 is 0 Å². The van der Waals surface area contributed by atoms with Gasteiger partial charge in [-0.2, -0.15) is 101 Å². The molecule has 0 heterocycles. The average molecular weight is 692 g/mol. The smallest absolute Gasteiger partial charge is 0.460 e. The number of hydrogen-bond donors (Lipinski definition) is 1. The van der Waals surface area contributed by atoms with Gasteiger partial charge in [0.05, 0.1) is 0 Å². The summed E-state index contributed by atoms with van der Waals surface area (Å²) in [5.41, 5.74) is 0. The first kappa shape index (κ1) is 39.4. The van der Waals surface area contributed by atoms with E-state index in [0.29, 0.717) is 0 Å². The number of ether oxygens (including phenoxy) is 1. The standard InChI is InChI=1S/C14HF25O3/c15-1(2(16)5(19,20)8(25,26)11(31,32)13(35,36)37)4(17,18)7(23,24)9(27,28)10(29,30)12(33,34)14(38,39)42-6(21,22)3(40)41/h(H,40,41)/b2-1+. The zero-order chi connectivity index (χ0) is 34.9. The summed E-state index contributed by atoms with van der Waals surface area (Å²) in [6.07, 6.45) is -23.0. The Balaban J connectivity index is 7.22. The van der Waals surface area contributed by atoms with E-state index in [2.05, 4.69) is 0 Å². The van der Waals surface area contributed by atoms with E-state index in [4.69, 9.17) is 5.11 Å². The van der Waals surface area contributed by atoms with Crippen LogP contribution in [0.2, 0.25) is 0 Å². The van der Waals surface area contributed by atoms with Crippen molar-refractivity contribution in [1.29, 1.82) is 0 Å². The number of carbonyl (C=O) groups is 1. The normalized spacial score (nSPS) is 16.9. The third kappa shape index (κ3) is 5.23. The van der Waals surface area contributed by atoms with Crippen molar-refractivity contribution in [2.75, 3.05) is 0 Å². The monoisotopic (exact) mass is 692 g/mol. The molecule has 0 saturated heterocycles. The summed E-state index contributed by atoms with van der Waals surface area (Å²) in [4.78, 5) is 9.86. The van der Waals surface area contributed by atoms with E-state index in [1.165, 1.54) is 4.74 Å². The second kappa shape index (κ2) is 9.98. The summed E-state index contributed by atoms with van der Waals surface area (Å²) in [7, 11) is 0. The van der Waals surface area contributed by atoms with Crippen LogP contribution in [0.15, 0.2) is 11.7 Å². The van der Waals surface area contributed by atoms with E-state index in [9.17, 15) is 115 Å². The molecule has 0 fully saturated rings. The molecule has 0 aromatic carbocycles. The first-order valence-electron chi connectivity index (χ1n) is 8.56. The van der Waals surface area contributed by atoms with Gasteiger partial charge in [0.25, 0.3) is 0 Å². The number of carboxylic acid groups (broad SMARTS) is 1. The van der Waals surface area contributed by atoms with Gasteiger partial charge in [0.15, 0.2) is 0 Å². The summed E-state index contributed by atoms with van der Waals surface area (Å²) in [6, 6.07) is 0. The number of carboxylic acids is 1. The summed E-state index contributed by atoms with van der Waals surface area (Å²) < 4.78 is 327. The zero-order valence-electron chi connectivity index (χ0n) is 17.7. The first-order chi connectivity index (χ1) is 17.7. The van der Waals surface area contributed by atoms with E-state index in [1.807, 2.05) is 0 Å². The fraction of sp³-hybridized carbons (Fsp3) is 0.786. The largest absolute Gasteiger partial charge is 0.475 e. The molecule has 0 aliphatic rings. The quantitative estimate of drug-likeness (QED) is 0.211. The molecule has 0 aromatic rings. The Bertz CT molecular complexity index is 1060. The Labute approximate surface area is 209 Å². The van der Waals surface area contributed by atoms with Gasteiger partial charge in [-0.15, -0.1) is 0 Å². The van der Waals surface area contributed by atoms with Crippen LogP contribution in [0, 0.1) is 0 Å². The minimum absolute atomic E-state index is 1.31. The van der Waals surface area contributed by atoms with Crippen LogP contribution in [-0.2, 0) is 9.53 Å². The van der Waals surface area contributed by atoms with Crippen molar-refractivity contribution in [3.05, 3.63) is 11.7 Å². The molecule has 3 nitrogen and oxygen atoms in total. The molecule has 0 saturated carbocycles. The van der Waals surface area contributed by atoms with Gasteiger partial charge in [-0.25, -0.2) is 18.3 Å². The van der Waals surface area contributed by atoms with Gasteiger partial charge in [0.1, 0.15) is 0 Å². The fourth-order valence-electron chi connectivity index (χ4n) is 1.97. The molecule has 0 unspecified atom stereocenters. The summed E-state index contributed by atoms with van der Waals surface area (Å²) in [6.45, 7) is 0. The zero-order valence-corrected chi connectivity index (χ0v) is 17.7. The molecule has 42 heavy (non-hydrogen) atoms. The lowest BCUT2D eigenvalue weighted by molar-refractivity contribution is -0.481. The highest BCUT2D eigenvalue weighted by Gasteiger charge is 2.92. The van der Waals surface area contributed by atoms with E-state index >= 15 is 0 Å². The number of allylic oxidation sites excluding steroid dienone is 2. The van der Waals surface area contributed by atoms with Gasteiger partial charge in [-0.1, -0.05) is 0 Å². The van der Waals surface area contributed by atoms with Crippen molar-refractivity contribution in [2.24, 2.45) is 0 Å². The van der Waals surface area contributed by atoms with Gasteiger partial charge >= 0.3 is 71.7 Å². The minimum Gasteiger partial charge on any atom is -0.475 e. The van der Waals surface area contributed by atoms with Crippen LogP contribution in [0.5, 0.6) is 0 Å². The Morgan fingerprint density at radius 2 is 0.690 bits per heavy atom. The van der Waals surface area contributed by atoms with Crippen LogP contribution in [0.3, 0.4) is 0 Å². The molecular formula is C14HF25O3. The fourth-order valence-corrected chi connectivity index (χ4v) is 1.97. The van der Waals surface area contributed by atoms with E-state index in [-0.39, 0.29) is 0 Å². The van der Waals surface area contributed by atoms with Crippen LogP contribution in [0.1, 0.15) is 0 Å². The van der Waals surface area contributed by atoms with Gasteiger partial charge in [-0.3, -0.25) is 0 Å². The Kier molecular flexibility index (Phi) is 9.37. The second-order valence-electron chi connectivity index (χ2n) is 7.16. The van der Waals surface area contributed by atoms with Crippen molar-refractivity contribution in [1.82, 2.24) is 0 Å². The van der Waals surface area contributed by atoms with Gasteiger partial charge in [-0.05, 0) is 0 Å². The lowest BCUT2D eigenvalue weighted by atomic mass is 9.92. The lowest BCUT2D eigenvalue weighted by Gasteiger charge is -2.41. The van der Waals surface area contributed by atoms with Crippen molar-refractivity contribution in [2.45, 2.75) is 65.8 Å². The predicted molar refractivity (Wildman–Crippen MR) is 73.5 cm³/mol. The highest BCUT2D eigenvalue weighted by Crippen LogP contribution is 2.63. The third-order valence-corrected chi connectivity index (χ3v) is 4.34. The second-order valence-corrected chi connectivity index (χ2v) is 7.16. The topological polar surface area (TPSA) is 46.5 Å². The van der Waals surface area contributed by atoms with E-state index in [1.54, 1.807) is 0 Å². The first-order valence-corrected chi connectivity index (χ1v) is 8.56. The molecule has 250 valence electrons. The molecule has 0 amide bonds. The molecule has 0 aliphatic carbocycles. The van der Waals surface area contributed by atoms with Crippen molar-refractivity contribution in [3.63, 3.8) is 0 Å². The maximum atomic E-state index is 13.5. The number of rotatable bonds is 12. The molecule has 0 aromatic heterocycles. The molecule has 0 spiro atoms. The molecule has 0 bridgehead atoms. The minimum atomic E-state index is -9.25. The van der Waals surface area contributed by atoms with Crippen molar-refractivity contribution in [3.8, 4) is 0 Å². The molecule has 0 radical (unpaired) electrons. The van der Waals surface area contributed by atoms with Crippen LogP contribution >= 0.6 is 0 Å². The summed E-state index contributed by atoms with van der Waals surface area (Å²) in [5.74, 6) is -86.8. The molecule has 1 N–H and O–H groups in total. The molecule has 28 heteroatoms. The molecule has 0 rings (SSSR count). The number of alkyl halides is 23. The summed E-state index contributed by atoms with van der Waals surface area (Å²) >= 11 is 0. The highest BCUT2D eigenvalue weighted by atomic mass is 19.4. The van der Waals surface area contributed by atoms with Gasteiger partial charge in [0.2, 0.25) is 11.7 Å². The lowest BCUT2D eigenvalue weighted by Crippen LogP contribution is -2.71. The molecular weight excluding hydrogens is 691 g/mol.